The standard InChI is InChI=1S/C18H21IN2O5S/c1-12-9-13(19)5-7-15(12)20-18(22)11-21(27(4,23)24)16-10-14(25-2)6-8-17(16)26-3/h5-10H,11H2,1-4H3,(H,20,22). The summed E-state index contributed by atoms with van der Waals surface area (Å²) in [5.74, 6) is 0.308. The summed E-state index contributed by atoms with van der Waals surface area (Å²) in [6.07, 6.45) is 1.04. The third-order valence-electron chi connectivity index (χ3n) is 3.80. The molecule has 9 heteroatoms. The van der Waals surface area contributed by atoms with Crippen LogP contribution in [0.4, 0.5) is 11.4 Å². The number of sulfonamides is 1. The number of nitrogens with zero attached hydrogens (tertiary/aromatic N) is 1. The zero-order valence-electron chi connectivity index (χ0n) is 15.4. The second-order valence-corrected chi connectivity index (χ2v) is 8.97. The van der Waals surface area contributed by atoms with Crippen molar-refractivity contribution in [3.8, 4) is 11.5 Å². The summed E-state index contributed by atoms with van der Waals surface area (Å²) in [6, 6.07) is 10.3. The molecule has 0 unspecified atom stereocenters. The molecule has 0 fully saturated rings. The summed E-state index contributed by atoms with van der Waals surface area (Å²) in [5, 5.41) is 2.76. The van der Waals surface area contributed by atoms with Crippen molar-refractivity contribution in [1.82, 2.24) is 0 Å². The number of amides is 1. The predicted octanol–water partition coefficient (Wildman–Crippen LogP) is 3.02. The minimum atomic E-state index is -3.74. The molecule has 0 radical (unpaired) electrons. The van der Waals surface area contributed by atoms with E-state index in [2.05, 4.69) is 27.9 Å². The molecule has 0 atom stereocenters. The van der Waals surface area contributed by atoms with Crippen LogP contribution in [0.2, 0.25) is 0 Å². The lowest BCUT2D eigenvalue weighted by Crippen LogP contribution is -2.37. The molecule has 0 aliphatic rings. The van der Waals surface area contributed by atoms with Gasteiger partial charge in [-0.1, -0.05) is 0 Å². The Morgan fingerprint density at radius 3 is 2.41 bits per heavy atom. The Bertz CT molecular complexity index is 947. The summed E-state index contributed by atoms with van der Waals surface area (Å²) >= 11 is 2.18. The van der Waals surface area contributed by atoms with E-state index in [9.17, 15) is 13.2 Å². The van der Waals surface area contributed by atoms with Gasteiger partial charge in [0.1, 0.15) is 18.0 Å². The van der Waals surface area contributed by atoms with Crippen molar-refractivity contribution in [2.75, 3.05) is 36.6 Å². The number of carbonyl (C=O) groups is 1. The van der Waals surface area contributed by atoms with Crippen LogP contribution in [-0.4, -0.2) is 41.3 Å². The summed E-state index contributed by atoms with van der Waals surface area (Å²) in [5.41, 5.74) is 1.75. The van der Waals surface area contributed by atoms with Gasteiger partial charge in [-0.2, -0.15) is 0 Å². The van der Waals surface area contributed by atoms with Gasteiger partial charge in [0.15, 0.2) is 0 Å². The first-order chi connectivity index (χ1) is 12.7. The maximum Gasteiger partial charge on any atom is 0.245 e. The number of nitrogens with one attached hydrogen (secondary N) is 1. The summed E-state index contributed by atoms with van der Waals surface area (Å²) < 4.78 is 37.2. The molecule has 0 heterocycles. The number of methoxy groups -OCH3 is 2. The Morgan fingerprint density at radius 1 is 1.15 bits per heavy atom. The molecule has 2 rings (SSSR count). The second-order valence-electron chi connectivity index (χ2n) is 5.81. The zero-order chi connectivity index (χ0) is 20.2. The van der Waals surface area contributed by atoms with Gasteiger partial charge in [-0.05, 0) is 65.4 Å². The van der Waals surface area contributed by atoms with E-state index in [4.69, 9.17) is 9.47 Å². The third-order valence-corrected chi connectivity index (χ3v) is 5.60. The number of rotatable bonds is 7. The summed E-state index contributed by atoms with van der Waals surface area (Å²) in [4.78, 5) is 12.5. The minimum absolute atomic E-state index is 0.230. The Morgan fingerprint density at radius 2 is 1.85 bits per heavy atom. The highest BCUT2D eigenvalue weighted by Crippen LogP contribution is 2.33. The maximum atomic E-state index is 12.5. The van der Waals surface area contributed by atoms with E-state index in [0.29, 0.717) is 17.2 Å². The molecular formula is C18H21IN2O5S. The van der Waals surface area contributed by atoms with Crippen molar-refractivity contribution in [2.24, 2.45) is 0 Å². The molecule has 146 valence electrons. The third kappa shape index (κ3) is 5.48. The molecule has 0 aromatic heterocycles. The van der Waals surface area contributed by atoms with Crippen LogP contribution in [0.3, 0.4) is 0 Å². The van der Waals surface area contributed by atoms with Crippen LogP contribution >= 0.6 is 22.6 Å². The zero-order valence-corrected chi connectivity index (χ0v) is 18.4. The van der Waals surface area contributed by atoms with E-state index in [-0.39, 0.29) is 5.69 Å². The van der Waals surface area contributed by atoms with Crippen LogP contribution in [0.15, 0.2) is 36.4 Å². The average molecular weight is 504 g/mol. The molecule has 0 aliphatic carbocycles. The van der Waals surface area contributed by atoms with E-state index in [0.717, 1.165) is 19.7 Å². The quantitative estimate of drug-likeness (QED) is 0.587. The van der Waals surface area contributed by atoms with Crippen molar-refractivity contribution in [1.29, 1.82) is 0 Å². The van der Waals surface area contributed by atoms with Crippen molar-refractivity contribution in [3.05, 3.63) is 45.5 Å². The molecule has 7 nitrogen and oxygen atoms in total. The van der Waals surface area contributed by atoms with Gasteiger partial charge >= 0.3 is 0 Å². The van der Waals surface area contributed by atoms with Crippen LogP contribution < -0.4 is 19.1 Å². The molecule has 0 bridgehead atoms. The topological polar surface area (TPSA) is 84.9 Å². The molecule has 2 aromatic carbocycles. The highest BCUT2D eigenvalue weighted by atomic mass is 127. The van der Waals surface area contributed by atoms with Gasteiger partial charge in [-0.25, -0.2) is 8.42 Å². The number of hydrogen-bond acceptors (Lipinski definition) is 5. The Kier molecular flexibility index (Phi) is 6.93. The number of halogens is 1. The first kappa shape index (κ1) is 21.3. The fourth-order valence-electron chi connectivity index (χ4n) is 2.46. The van der Waals surface area contributed by atoms with Gasteiger partial charge in [0.2, 0.25) is 15.9 Å². The summed E-state index contributed by atoms with van der Waals surface area (Å²) in [7, 11) is -0.838. The molecule has 0 saturated carbocycles. The molecule has 2 aromatic rings. The predicted molar refractivity (Wildman–Crippen MR) is 114 cm³/mol. The number of carbonyl (C=O) groups excluding carboxylic acids is 1. The number of anilines is 2. The number of benzene rings is 2. The van der Waals surface area contributed by atoms with E-state index >= 15 is 0 Å². The smallest absolute Gasteiger partial charge is 0.245 e. The second kappa shape index (κ2) is 8.79. The Hall–Kier alpha value is -2.01. The van der Waals surface area contributed by atoms with Gasteiger partial charge in [0.25, 0.3) is 0 Å². The normalized spacial score (nSPS) is 11.0. The van der Waals surface area contributed by atoms with Gasteiger partial charge < -0.3 is 14.8 Å². The van der Waals surface area contributed by atoms with Gasteiger partial charge in [-0.3, -0.25) is 9.10 Å². The monoisotopic (exact) mass is 504 g/mol. The molecule has 0 aliphatic heterocycles. The molecule has 1 N–H and O–H groups in total. The van der Waals surface area contributed by atoms with E-state index < -0.39 is 22.5 Å². The SMILES string of the molecule is COc1ccc(OC)c(N(CC(=O)Nc2ccc(I)cc2C)S(C)(=O)=O)c1. The fraction of sp³-hybridized carbons (Fsp3) is 0.278. The highest BCUT2D eigenvalue weighted by molar-refractivity contribution is 14.1. The van der Waals surface area contributed by atoms with Crippen molar-refractivity contribution in [2.45, 2.75) is 6.92 Å². The Labute approximate surface area is 172 Å². The van der Waals surface area contributed by atoms with Crippen LogP contribution in [0.5, 0.6) is 11.5 Å². The maximum absolute atomic E-state index is 12.5. The summed E-state index contributed by atoms with van der Waals surface area (Å²) in [6.45, 7) is 1.48. The van der Waals surface area contributed by atoms with E-state index in [1.165, 1.54) is 20.3 Å². The highest BCUT2D eigenvalue weighted by Gasteiger charge is 2.25. The lowest BCUT2D eigenvalue weighted by Gasteiger charge is -2.24. The first-order valence-electron chi connectivity index (χ1n) is 7.91. The van der Waals surface area contributed by atoms with Gasteiger partial charge in [0.05, 0.1) is 26.2 Å². The number of aryl methyl sites for hydroxylation is 1. The van der Waals surface area contributed by atoms with Crippen molar-refractivity contribution >= 4 is 49.9 Å². The molecule has 0 spiro atoms. The largest absolute Gasteiger partial charge is 0.497 e. The lowest BCUT2D eigenvalue weighted by atomic mass is 10.2. The van der Waals surface area contributed by atoms with Crippen molar-refractivity contribution < 1.29 is 22.7 Å². The molecule has 27 heavy (non-hydrogen) atoms. The van der Waals surface area contributed by atoms with Gasteiger partial charge in [0, 0.05) is 15.3 Å². The van der Waals surface area contributed by atoms with Crippen LogP contribution in [0, 0.1) is 10.5 Å². The van der Waals surface area contributed by atoms with Crippen LogP contribution in [-0.2, 0) is 14.8 Å². The van der Waals surface area contributed by atoms with Crippen LogP contribution in [0.1, 0.15) is 5.56 Å². The number of ether oxygens (including phenoxy) is 2. The van der Waals surface area contributed by atoms with Gasteiger partial charge in [-0.15, -0.1) is 0 Å². The molecular weight excluding hydrogens is 483 g/mol. The minimum Gasteiger partial charge on any atom is -0.497 e. The van der Waals surface area contributed by atoms with E-state index in [1.807, 2.05) is 19.1 Å². The lowest BCUT2D eigenvalue weighted by molar-refractivity contribution is -0.114. The Balaban J connectivity index is 2.34. The fourth-order valence-corrected chi connectivity index (χ4v) is 3.96. The van der Waals surface area contributed by atoms with Crippen LogP contribution in [0.25, 0.3) is 0 Å². The first-order valence-corrected chi connectivity index (χ1v) is 10.8. The van der Waals surface area contributed by atoms with Crippen molar-refractivity contribution in [3.63, 3.8) is 0 Å². The van der Waals surface area contributed by atoms with E-state index in [1.54, 1.807) is 18.2 Å². The molecule has 1 amide bonds. The molecule has 0 saturated heterocycles. The number of hydrogen-bond donors (Lipinski definition) is 1. The average Bonchev–Trinajstić information content (AvgIpc) is 2.60.